The first-order chi connectivity index (χ1) is 5.08. The summed E-state index contributed by atoms with van der Waals surface area (Å²) in [7, 11) is -3.45. The van der Waals surface area contributed by atoms with Crippen molar-refractivity contribution in [2.24, 2.45) is 11.1 Å². The van der Waals surface area contributed by atoms with E-state index in [0.717, 1.165) is 18.8 Å². The summed E-state index contributed by atoms with van der Waals surface area (Å²) in [5, 5.41) is 4.73. The van der Waals surface area contributed by atoms with Crippen LogP contribution < -0.4 is 9.86 Å². The van der Waals surface area contributed by atoms with Gasteiger partial charge in [0.2, 0.25) is 0 Å². The Morgan fingerprint density at radius 2 is 2.09 bits per heavy atom. The van der Waals surface area contributed by atoms with E-state index in [4.69, 9.17) is 5.14 Å². The zero-order valence-corrected chi connectivity index (χ0v) is 7.23. The second-order valence-electron chi connectivity index (χ2n) is 3.02. The molecular formula is C6H14N2O2S. The Morgan fingerprint density at radius 1 is 1.45 bits per heavy atom. The Morgan fingerprint density at radius 3 is 2.55 bits per heavy atom. The predicted octanol–water partition coefficient (Wildman–Crippen LogP) is -0.0303. The van der Waals surface area contributed by atoms with Gasteiger partial charge >= 0.3 is 0 Å². The highest BCUT2D eigenvalue weighted by molar-refractivity contribution is 7.87. The van der Waals surface area contributed by atoms with Crippen LogP contribution in [0, 0.1) is 5.92 Å². The van der Waals surface area contributed by atoms with Crippen molar-refractivity contribution in [2.45, 2.75) is 25.7 Å². The van der Waals surface area contributed by atoms with Crippen molar-refractivity contribution in [2.75, 3.05) is 6.54 Å². The summed E-state index contributed by atoms with van der Waals surface area (Å²) in [5.41, 5.74) is 0. The molecule has 1 fully saturated rings. The van der Waals surface area contributed by atoms with E-state index in [1.807, 2.05) is 0 Å². The van der Waals surface area contributed by atoms with Crippen LogP contribution in [0.25, 0.3) is 0 Å². The molecule has 0 radical (unpaired) electrons. The van der Waals surface area contributed by atoms with Gasteiger partial charge in [0.1, 0.15) is 0 Å². The third kappa shape index (κ3) is 5.17. The molecule has 1 saturated carbocycles. The number of hydrogen-bond donors (Lipinski definition) is 2. The fourth-order valence-electron chi connectivity index (χ4n) is 1.01. The topological polar surface area (TPSA) is 72.2 Å². The Bertz CT molecular complexity index is 209. The zero-order chi connectivity index (χ0) is 8.32. The molecule has 1 aliphatic carbocycles. The van der Waals surface area contributed by atoms with Crippen molar-refractivity contribution >= 4 is 10.2 Å². The molecule has 66 valence electrons. The first kappa shape index (κ1) is 8.96. The number of rotatable bonds is 5. The van der Waals surface area contributed by atoms with Gasteiger partial charge in [-0.2, -0.15) is 8.42 Å². The maximum absolute atomic E-state index is 10.4. The lowest BCUT2D eigenvalue weighted by Crippen LogP contribution is -2.31. The first-order valence-electron chi connectivity index (χ1n) is 3.85. The molecule has 1 rings (SSSR count). The van der Waals surface area contributed by atoms with E-state index in [1.165, 1.54) is 12.8 Å². The highest BCUT2D eigenvalue weighted by Gasteiger charge is 2.20. The Balaban J connectivity index is 1.95. The fourth-order valence-corrected chi connectivity index (χ4v) is 1.44. The summed E-state index contributed by atoms with van der Waals surface area (Å²) in [6.07, 6.45) is 4.66. The summed E-state index contributed by atoms with van der Waals surface area (Å²) in [5.74, 6) is 0.859. The summed E-state index contributed by atoms with van der Waals surface area (Å²) in [6.45, 7) is 0.481. The Hall–Kier alpha value is -0.130. The van der Waals surface area contributed by atoms with Crippen LogP contribution in [0.5, 0.6) is 0 Å². The standard InChI is InChI=1S/C6H14N2O2S/c7-11(9,10)8-5-1-2-6-3-4-6/h6,8H,1-5H2,(H2,7,9,10). The minimum atomic E-state index is -3.45. The average Bonchev–Trinajstić information content (AvgIpc) is 2.60. The smallest absolute Gasteiger partial charge is 0.216 e. The van der Waals surface area contributed by atoms with Crippen LogP contribution in [0.2, 0.25) is 0 Å². The minimum absolute atomic E-state index is 0.481. The quantitative estimate of drug-likeness (QED) is 0.580. The molecule has 0 aromatic heterocycles. The molecule has 0 bridgehead atoms. The van der Waals surface area contributed by atoms with Gasteiger partial charge in [-0.15, -0.1) is 0 Å². The predicted molar refractivity (Wildman–Crippen MR) is 43.1 cm³/mol. The average molecular weight is 178 g/mol. The van der Waals surface area contributed by atoms with Gasteiger partial charge in [0, 0.05) is 6.54 Å². The maximum atomic E-state index is 10.4. The third-order valence-electron chi connectivity index (χ3n) is 1.79. The number of nitrogens with two attached hydrogens (primary N) is 1. The molecule has 0 unspecified atom stereocenters. The molecule has 0 aromatic carbocycles. The summed E-state index contributed by atoms with van der Waals surface area (Å²) < 4.78 is 23.0. The van der Waals surface area contributed by atoms with E-state index in [9.17, 15) is 8.42 Å². The first-order valence-corrected chi connectivity index (χ1v) is 5.40. The highest BCUT2D eigenvalue weighted by atomic mass is 32.2. The van der Waals surface area contributed by atoms with Gasteiger partial charge in [0.05, 0.1) is 0 Å². The summed E-state index contributed by atoms with van der Waals surface area (Å²) >= 11 is 0. The van der Waals surface area contributed by atoms with Crippen LogP contribution >= 0.6 is 0 Å². The third-order valence-corrected chi connectivity index (χ3v) is 2.40. The Kier molecular flexibility index (Phi) is 2.86. The van der Waals surface area contributed by atoms with Crippen molar-refractivity contribution in [1.29, 1.82) is 0 Å². The summed E-state index contributed by atoms with van der Waals surface area (Å²) in [6, 6.07) is 0. The molecule has 1 aliphatic rings. The molecule has 0 saturated heterocycles. The van der Waals surface area contributed by atoms with Crippen LogP contribution in [0.1, 0.15) is 25.7 Å². The van der Waals surface area contributed by atoms with Crippen LogP contribution in [0.3, 0.4) is 0 Å². The molecule has 0 spiro atoms. The van der Waals surface area contributed by atoms with Crippen LogP contribution in [-0.4, -0.2) is 15.0 Å². The molecular weight excluding hydrogens is 164 g/mol. The molecule has 3 N–H and O–H groups in total. The molecule has 5 heteroatoms. The largest absolute Gasteiger partial charge is 0.274 e. The van der Waals surface area contributed by atoms with Gasteiger partial charge in [0.15, 0.2) is 0 Å². The SMILES string of the molecule is NS(=O)(=O)NCCCC1CC1. The van der Waals surface area contributed by atoms with Crippen molar-refractivity contribution in [3.63, 3.8) is 0 Å². The molecule has 0 aromatic rings. The van der Waals surface area contributed by atoms with Crippen molar-refractivity contribution in [3.05, 3.63) is 0 Å². The van der Waals surface area contributed by atoms with Gasteiger partial charge in [0.25, 0.3) is 10.2 Å². The van der Waals surface area contributed by atoms with Crippen LogP contribution in [-0.2, 0) is 10.2 Å². The van der Waals surface area contributed by atoms with E-state index < -0.39 is 10.2 Å². The Labute approximate surface area is 67.3 Å². The van der Waals surface area contributed by atoms with E-state index in [-0.39, 0.29) is 0 Å². The van der Waals surface area contributed by atoms with Gasteiger partial charge in [-0.25, -0.2) is 9.86 Å². The van der Waals surface area contributed by atoms with E-state index in [2.05, 4.69) is 4.72 Å². The molecule has 0 aliphatic heterocycles. The maximum Gasteiger partial charge on any atom is 0.274 e. The second kappa shape index (κ2) is 3.51. The van der Waals surface area contributed by atoms with Gasteiger partial charge < -0.3 is 0 Å². The van der Waals surface area contributed by atoms with Crippen molar-refractivity contribution < 1.29 is 8.42 Å². The monoisotopic (exact) mass is 178 g/mol. The molecule has 0 atom stereocenters. The number of hydrogen-bond acceptors (Lipinski definition) is 2. The van der Waals surface area contributed by atoms with Gasteiger partial charge in [-0.1, -0.05) is 12.8 Å². The van der Waals surface area contributed by atoms with Gasteiger partial charge in [-0.05, 0) is 18.8 Å². The molecule has 4 nitrogen and oxygen atoms in total. The molecule has 11 heavy (non-hydrogen) atoms. The van der Waals surface area contributed by atoms with Gasteiger partial charge in [-0.3, -0.25) is 0 Å². The highest BCUT2D eigenvalue weighted by Crippen LogP contribution is 2.33. The van der Waals surface area contributed by atoms with E-state index >= 15 is 0 Å². The van der Waals surface area contributed by atoms with Crippen molar-refractivity contribution in [1.82, 2.24) is 4.72 Å². The van der Waals surface area contributed by atoms with Crippen LogP contribution in [0.4, 0.5) is 0 Å². The minimum Gasteiger partial charge on any atom is -0.216 e. The van der Waals surface area contributed by atoms with Crippen molar-refractivity contribution in [3.8, 4) is 0 Å². The molecule has 0 heterocycles. The van der Waals surface area contributed by atoms with E-state index in [1.54, 1.807) is 0 Å². The fraction of sp³-hybridized carbons (Fsp3) is 1.00. The van der Waals surface area contributed by atoms with Crippen LogP contribution in [0.15, 0.2) is 0 Å². The zero-order valence-electron chi connectivity index (χ0n) is 6.41. The lowest BCUT2D eigenvalue weighted by atomic mass is 10.2. The number of nitrogens with one attached hydrogen (secondary N) is 1. The second-order valence-corrected chi connectivity index (χ2v) is 4.40. The normalized spacial score (nSPS) is 18.6. The van der Waals surface area contributed by atoms with E-state index in [0.29, 0.717) is 6.54 Å². The lowest BCUT2D eigenvalue weighted by Gasteiger charge is -1.99. The summed E-state index contributed by atoms with van der Waals surface area (Å²) in [4.78, 5) is 0. The lowest BCUT2D eigenvalue weighted by molar-refractivity contribution is 0.574. The molecule has 0 amide bonds.